The van der Waals surface area contributed by atoms with Gasteiger partial charge >= 0.3 is 0 Å². The number of para-hydroxylation sites is 1. The minimum absolute atomic E-state index is 0.561. The lowest BCUT2D eigenvalue weighted by Gasteiger charge is -2.14. The van der Waals surface area contributed by atoms with E-state index in [4.69, 9.17) is 4.74 Å². The van der Waals surface area contributed by atoms with Gasteiger partial charge in [-0.3, -0.25) is 0 Å². The Morgan fingerprint density at radius 1 is 1.17 bits per heavy atom. The summed E-state index contributed by atoms with van der Waals surface area (Å²) in [6, 6.07) is 13.4. The van der Waals surface area contributed by atoms with Crippen LogP contribution in [0, 0.1) is 3.57 Å². The fourth-order valence-electron chi connectivity index (χ4n) is 1.59. The Labute approximate surface area is 128 Å². The molecule has 0 fully saturated rings. The third kappa shape index (κ3) is 3.24. The maximum Gasteiger partial charge on any atom is 0.140 e. The summed E-state index contributed by atoms with van der Waals surface area (Å²) in [6.07, 6.45) is -0.561. The molecule has 18 heavy (non-hydrogen) atoms. The second-order valence-corrected chi connectivity index (χ2v) is 5.97. The maximum absolute atomic E-state index is 9.75. The van der Waals surface area contributed by atoms with Crippen LogP contribution in [0.25, 0.3) is 0 Å². The molecule has 2 nitrogen and oxygen atoms in total. The quantitative estimate of drug-likeness (QED) is 0.718. The van der Waals surface area contributed by atoms with Crippen LogP contribution in [-0.4, -0.2) is 5.11 Å². The van der Waals surface area contributed by atoms with Gasteiger partial charge in [0.15, 0.2) is 0 Å². The Balaban J connectivity index is 2.39. The number of aliphatic hydroxyl groups is 1. The van der Waals surface area contributed by atoms with Crippen LogP contribution in [0.4, 0.5) is 0 Å². The van der Waals surface area contributed by atoms with Crippen LogP contribution in [0.3, 0.4) is 0 Å². The Morgan fingerprint density at radius 2 is 1.89 bits per heavy atom. The van der Waals surface area contributed by atoms with E-state index in [2.05, 4.69) is 38.5 Å². The average molecular weight is 419 g/mol. The van der Waals surface area contributed by atoms with Crippen molar-refractivity contribution in [3.8, 4) is 11.5 Å². The Kier molecular flexibility index (Phi) is 4.64. The number of hydrogen-bond acceptors (Lipinski definition) is 2. The normalized spacial score (nSPS) is 12.2. The van der Waals surface area contributed by atoms with E-state index >= 15 is 0 Å². The largest absolute Gasteiger partial charge is 0.456 e. The first kappa shape index (κ1) is 13.8. The summed E-state index contributed by atoms with van der Waals surface area (Å²) in [5.41, 5.74) is 0.776. The van der Waals surface area contributed by atoms with Gasteiger partial charge < -0.3 is 9.84 Å². The van der Waals surface area contributed by atoms with Gasteiger partial charge in [-0.25, -0.2) is 0 Å². The molecular weight excluding hydrogens is 407 g/mol. The molecular formula is C14H12BrIO2. The Hall–Kier alpha value is -0.590. The first-order valence-corrected chi connectivity index (χ1v) is 7.35. The number of hydrogen-bond donors (Lipinski definition) is 1. The summed E-state index contributed by atoms with van der Waals surface area (Å²) in [6.45, 7) is 1.73. The lowest BCUT2D eigenvalue weighted by atomic mass is 10.1. The monoisotopic (exact) mass is 418 g/mol. The number of benzene rings is 2. The number of aliphatic hydroxyl groups excluding tert-OH is 1. The molecule has 0 spiro atoms. The zero-order valence-electron chi connectivity index (χ0n) is 9.73. The van der Waals surface area contributed by atoms with Crippen molar-refractivity contribution in [2.75, 3.05) is 0 Å². The van der Waals surface area contributed by atoms with Crippen molar-refractivity contribution < 1.29 is 9.84 Å². The van der Waals surface area contributed by atoms with Gasteiger partial charge in [0.2, 0.25) is 0 Å². The van der Waals surface area contributed by atoms with E-state index in [0.717, 1.165) is 19.4 Å². The van der Waals surface area contributed by atoms with E-state index in [-0.39, 0.29) is 0 Å². The SMILES string of the molecule is CC(O)c1ccc(Br)cc1Oc1ccccc1I. The summed E-state index contributed by atoms with van der Waals surface area (Å²) >= 11 is 5.64. The summed E-state index contributed by atoms with van der Waals surface area (Å²) in [4.78, 5) is 0. The molecule has 0 aliphatic rings. The molecule has 2 aromatic carbocycles. The van der Waals surface area contributed by atoms with Crippen LogP contribution in [0.2, 0.25) is 0 Å². The second-order valence-electron chi connectivity index (χ2n) is 3.89. The van der Waals surface area contributed by atoms with E-state index < -0.39 is 6.10 Å². The summed E-state index contributed by atoms with van der Waals surface area (Å²) < 4.78 is 7.84. The van der Waals surface area contributed by atoms with Gasteiger partial charge in [-0.05, 0) is 53.8 Å². The van der Waals surface area contributed by atoms with Crippen LogP contribution in [0.1, 0.15) is 18.6 Å². The Morgan fingerprint density at radius 3 is 2.56 bits per heavy atom. The molecule has 4 heteroatoms. The molecule has 2 rings (SSSR count). The van der Waals surface area contributed by atoms with Crippen molar-refractivity contribution in [1.29, 1.82) is 0 Å². The van der Waals surface area contributed by atoms with Crippen molar-refractivity contribution in [3.63, 3.8) is 0 Å². The smallest absolute Gasteiger partial charge is 0.140 e. The van der Waals surface area contributed by atoms with Gasteiger partial charge in [-0.1, -0.05) is 34.1 Å². The predicted molar refractivity (Wildman–Crippen MR) is 84.0 cm³/mol. The lowest BCUT2D eigenvalue weighted by molar-refractivity contribution is 0.195. The molecule has 1 atom stereocenters. The highest BCUT2D eigenvalue weighted by Crippen LogP contribution is 2.33. The van der Waals surface area contributed by atoms with Crippen molar-refractivity contribution in [3.05, 3.63) is 56.1 Å². The molecule has 94 valence electrons. The molecule has 1 N–H and O–H groups in total. The summed E-state index contributed by atoms with van der Waals surface area (Å²) in [5, 5.41) is 9.75. The highest BCUT2D eigenvalue weighted by molar-refractivity contribution is 14.1. The van der Waals surface area contributed by atoms with E-state index in [1.54, 1.807) is 6.92 Å². The second kappa shape index (κ2) is 6.04. The van der Waals surface area contributed by atoms with Crippen LogP contribution >= 0.6 is 38.5 Å². The zero-order chi connectivity index (χ0) is 13.1. The minimum Gasteiger partial charge on any atom is -0.456 e. The topological polar surface area (TPSA) is 29.5 Å². The fraction of sp³-hybridized carbons (Fsp3) is 0.143. The maximum atomic E-state index is 9.75. The predicted octanol–water partition coefficient (Wildman–Crippen LogP) is 4.90. The molecule has 0 aromatic heterocycles. The molecule has 0 saturated heterocycles. The molecule has 0 aliphatic heterocycles. The number of halogens is 2. The van der Waals surface area contributed by atoms with E-state index in [1.807, 2.05) is 42.5 Å². The summed E-state index contributed by atoms with van der Waals surface area (Å²) in [7, 11) is 0. The van der Waals surface area contributed by atoms with Gasteiger partial charge in [0.1, 0.15) is 11.5 Å². The lowest BCUT2D eigenvalue weighted by Crippen LogP contribution is -1.97. The van der Waals surface area contributed by atoms with Crippen molar-refractivity contribution in [2.24, 2.45) is 0 Å². The van der Waals surface area contributed by atoms with E-state index in [9.17, 15) is 5.11 Å². The molecule has 0 saturated carbocycles. The molecule has 0 bridgehead atoms. The molecule has 2 aromatic rings. The molecule has 0 amide bonds. The van der Waals surface area contributed by atoms with Gasteiger partial charge in [-0.15, -0.1) is 0 Å². The van der Waals surface area contributed by atoms with Crippen LogP contribution in [0.15, 0.2) is 46.9 Å². The Bertz CT molecular complexity index is 555. The summed E-state index contributed by atoms with van der Waals surface area (Å²) in [5.74, 6) is 1.46. The van der Waals surface area contributed by atoms with E-state index in [0.29, 0.717) is 5.75 Å². The third-order valence-corrected chi connectivity index (χ3v) is 3.87. The van der Waals surface area contributed by atoms with Crippen LogP contribution < -0.4 is 4.74 Å². The highest BCUT2D eigenvalue weighted by atomic mass is 127. The van der Waals surface area contributed by atoms with Gasteiger partial charge in [-0.2, -0.15) is 0 Å². The van der Waals surface area contributed by atoms with Crippen molar-refractivity contribution in [1.82, 2.24) is 0 Å². The fourth-order valence-corrected chi connectivity index (χ4v) is 2.43. The zero-order valence-corrected chi connectivity index (χ0v) is 13.5. The van der Waals surface area contributed by atoms with Crippen molar-refractivity contribution in [2.45, 2.75) is 13.0 Å². The minimum atomic E-state index is -0.561. The first-order valence-electron chi connectivity index (χ1n) is 5.48. The highest BCUT2D eigenvalue weighted by Gasteiger charge is 2.11. The van der Waals surface area contributed by atoms with Crippen LogP contribution in [0.5, 0.6) is 11.5 Å². The molecule has 0 heterocycles. The third-order valence-electron chi connectivity index (χ3n) is 2.48. The van der Waals surface area contributed by atoms with Gasteiger partial charge in [0.25, 0.3) is 0 Å². The first-order chi connectivity index (χ1) is 8.58. The number of ether oxygens (including phenoxy) is 1. The molecule has 1 unspecified atom stereocenters. The van der Waals surface area contributed by atoms with E-state index in [1.165, 1.54) is 0 Å². The number of rotatable bonds is 3. The van der Waals surface area contributed by atoms with Crippen LogP contribution in [-0.2, 0) is 0 Å². The van der Waals surface area contributed by atoms with Gasteiger partial charge in [0, 0.05) is 10.0 Å². The average Bonchev–Trinajstić information content (AvgIpc) is 2.32. The molecule has 0 aliphatic carbocycles. The standard InChI is InChI=1S/C14H12BrIO2/c1-9(17)11-7-6-10(15)8-14(11)18-13-5-3-2-4-12(13)16/h2-9,17H,1H3. The van der Waals surface area contributed by atoms with Crippen molar-refractivity contribution >= 4 is 38.5 Å². The molecule has 0 radical (unpaired) electrons. The van der Waals surface area contributed by atoms with Gasteiger partial charge in [0.05, 0.1) is 9.67 Å².